The predicted molar refractivity (Wildman–Crippen MR) is 115 cm³/mol. The van der Waals surface area contributed by atoms with Crippen molar-refractivity contribution in [1.82, 2.24) is 19.4 Å². The van der Waals surface area contributed by atoms with Crippen LogP contribution in [0.15, 0.2) is 21.4 Å². The number of aromatic nitrogens is 2. The molecule has 1 unspecified atom stereocenters. The van der Waals surface area contributed by atoms with Crippen LogP contribution in [0.1, 0.15) is 50.5 Å². The molecule has 0 radical (unpaired) electrons. The molecule has 1 aromatic heterocycles. The number of aryl methyl sites for hydroxylation is 1. The van der Waals surface area contributed by atoms with Crippen molar-refractivity contribution in [1.29, 1.82) is 0 Å². The summed E-state index contributed by atoms with van der Waals surface area (Å²) in [5, 5.41) is 0.737. The minimum Gasteiger partial charge on any atom is -0.305 e. The lowest BCUT2D eigenvalue weighted by Crippen LogP contribution is -2.37. The van der Waals surface area contributed by atoms with E-state index in [1.807, 2.05) is 30.5 Å². The van der Waals surface area contributed by atoms with Gasteiger partial charge in [0.1, 0.15) is 5.82 Å². The standard InChI is InChI=1S/C21H31BrN4O/c1-5-8-18(25-12-7-11-24(4)13-14-25)20-23-17-10-9-16(22)15(3)19(17)21(27)26(20)6-2/h9-10,18H,5-8,11-14H2,1-4H3. The number of hydrogen-bond donors (Lipinski definition) is 0. The highest BCUT2D eigenvalue weighted by molar-refractivity contribution is 9.10. The number of nitrogens with zero attached hydrogens (tertiary/aromatic N) is 4. The Morgan fingerprint density at radius 1 is 1.19 bits per heavy atom. The summed E-state index contributed by atoms with van der Waals surface area (Å²) in [7, 11) is 2.19. The molecule has 1 saturated heterocycles. The van der Waals surface area contributed by atoms with Crippen molar-refractivity contribution < 1.29 is 0 Å². The average Bonchev–Trinajstić information content (AvgIpc) is 2.87. The van der Waals surface area contributed by atoms with Crippen molar-refractivity contribution in [2.45, 2.75) is 52.6 Å². The molecule has 2 heterocycles. The van der Waals surface area contributed by atoms with E-state index in [9.17, 15) is 4.79 Å². The normalized spacial score (nSPS) is 18.0. The smallest absolute Gasteiger partial charge is 0.261 e. The molecule has 1 aliphatic heterocycles. The van der Waals surface area contributed by atoms with Crippen molar-refractivity contribution in [3.8, 4) is 0 Å². The van der Waals surface area contributed by atoms with Gasteiger partial charge in [0.15, 0.2) is 0 Å². The summed E-state index contributed by atoms with van der Waals surface area (Å²) >= 11 is 3.56. The number of hydrogen-bond acceptors (Lipinski definition) is 4. The average molecular weight is 435 g/mol. The molecule has 1 atom stereocenters. The topological polar surface area (TPSA) is 41.4 Å². The van der Waals surface area contributed by atoms with Crippen LogP contribution in [0.5, 0.6) is 0 Å². The highest BCUT2D eigenvalue weighted by Crippen LogP contribution is 2.28. The zero-order valence-corrected chi connectivity index (χ0v) is 18.5. The Balaban J connectivity index is 2.14. The first-order chi connectivity index (χ1) is 13.0. The maximum Gasteiger partial charge on any atom is 0.261 e. The van der Waals surface area contributed by atoms with Gasteiger partial charge in [-0.25, -0.2) is 4.98 Å². The fourth-order valence-electron chi connectivity index (χ4n) is 4.14. The largest absolute Gasteiger partial charge is 0.305 e. The Morgan fingerprint density at radius 2 is 1.96 bits per heavy atom. The second kappa shape index (κ2) is 8.84. The lowest BCUT2D eigenvalue weighted by Gasteiger charge is -2.31. The second-order valence-corrected chi connectivity index (χ2v) is 8.44. The number of likely N-dealkylation sites (N-methyl/N-ethyl adjacent to an activating group) is 1. The molecule has 0 spiro atoms. The van der Waals surface area contributed by atoms with Crippen LogP contribution >= 0.6 is 15.9 Å². The molecule has 0 amide bonds. The van der Waals surface area contributed by atoms with E-state index < -0.39 is 0 Å². The van der Waals surface area contributed by atoms with Crippen molar-refractivity contribution in [2.24, 2.45) is 0 Å². The van der Waals surface area contributed by atoms with Crippen LogP contribution in [0.2, 0.25) is 0 Å². The Hall–Kier alpha value is -1.24. The fraction of sp³-hybridized carbons (Fsp3) is 0.619. The first kappa shape index (κ1) is 20.5. The molecule has 3 rings (SSSR count). The third kappa shape index (κ3) is 4.13. The first-order valence-electron chi connectivity index (χ1n) is 10.1. The van der Waals surface area contributed by atoms with Crippen LogP contribution in [0.4, 0.5) is 0 Å². The van der Waals surface area contributed by atoms with Crippen LogP contribution in [0, 0.1) is 6.92 Å². The highest BCUT2D eigenvalue weighted by Gasteiger charge is 2.27. The van der Waals surface area contributed by atoms with Gasteiger partial charge in [-0.3, -0.25) is 14.3 Å². The number of benzene rings is 1. The quantitative estimate of drug-likeness (QED) is 0.713. The van der Waals surface area contributed by atoms with Gasteiger partial charge in [0.25, 0.3) is 5.56 Å². The molecule has 0 N–H and O–H groups in total. The molecule has 0 saturated carbocycles. The van der Waals surface area contributed by atoms with Gasteiger partial charge < -0.3 is 4.90 Å². The van der Waals surface area contributed by atoms with Gasteiger partial charge in [0.2, 0.25) is 0 Å². The number of fused-ring (bicyclic) bond motifs is 1. The first-order valence-corrected chi connectivity index (χ1v) is 10.9. The van der Waals surface area contributed by atoms with Gasteiger partial charge in [-0.15, -0.1) is 0 Å². The van der Waals surface area contributed by atoms with E-state index in [0.29, 0.717) is 6.54 Å². The summed E-state index contributed by atoms with van der Waals surface area (Å²) < 4.78 is 2.86. The van der Waals surface area contributed by atoms with Crippen molar-refractivity contribution in [3.63, 3.8) is 0 Å². The Kier molecular flexibility index (Phi) is 6.71. The third-order valence-corrected chi connectivity index (χ3v) is 6.58. The van der Waals surface area contributed by atoms with Crippen LogP contribution in [0.3, 0.4) is 0 Å². The van der Waals surface area contributed by atoms with Crippen LogP contribution in [-0.2, 0) is 6.54 Å². The van der Waals surface area contributed by atoms with E-state index in [0.717, 1.165) is 72.2 Å². The van der Waals surface area contributed by atoms with Gasteiger partial charge in [0, 0.05) is 30.7 Å². The minimum atomic E-state index is 0.0874. The molecule has 0 bridgehead atoms. The van der Waals surface area contributed by atoms with Gasteiger partial charge >= 0.3 is 0 Å². The Morgan fingerprint density at radius 3 is 2.67 bits per heavy atom. The van der Waals surface area contributed by atoms with Crippen molar-refractivity contribution in [2.75, 3.05) is 33.2 Å². The van der Waals surface area contributed by atoms with Gasteiger partial charge in [0.05, 0.1) is 16.9 Å². The molecule has 0 aliphatic carbocycles. The SMILES string of the molecule is CCCC(c1nc2ccc(Br)c(C)c2c(=O)n1CC)N1CCCN(C)CC1. The summed E-state index contributed by atoms with van der Waals surface area (Å²) in [4.78, 5) is 23.3. The maximum absolute atomic E-state index is 13.3. The monoisotopic (exact) mass is 434 g/mol. The van der Waals surface area contributed by atoms with E-state index in [4.69, 9.17) is 4.98 Å². The van der Waals surface area contributed by atoms with Gasteiger partial charge in [-0.05, 0) is 58.0 Å². The minimum absolute atomic E-state index is 0.0874. The van der Waals surface area contributed by atoms with E-state index >= 15 is 0 Å². The zero-order chi connectivity index (χ0) is 19.6. The molecule has 1 aromatic carbocycles. The maximum atomic E-state index is 13.3. The summed E-state index contributed by atoms with van der Waals surface area (Å²) in [6.07, 6.45) is 3.26. The second-order valence-electron chi connectivity index (χ2n) is 7.58. The zero-order valence-electron chi connectivity index (χ0n) is 17.0. The number of rotatable bonds is 5. The molecule has 6 heteroatoms. The molecular formula is C21H31BrN4O. The number of halogens is 1. The Bertz CT molecular complexity index is 863. The Labute approximate surface area is 170 Å². The third-order valence-electron chi connectivity index (χ3n) is 5.72. The predicted octanol–water partition coefficient (Wildman–Crippen LogP) is 3.97. The van der Waals surface area contributed by atoms with Crippen LogP contribution in [-0.4, -0.2) is 52.6 Å². The molecule has 148 valence electrons. The van der Waals surface area contributed by atoms with E-state index in [-0.39, 0.29) is 11.6 Å². The van der Waals surface area contributed by atoms with Crippen LogP contribution in [0.25, 0.3) is 10.9 Å². The van der Waals surface area contributed by atoms with Crippen molar-refractivity contribution in [3.05, 3.63) is 38.3 Å². The fourth-order valence-corrected chi connectivity index (χ4v) is 4.47. The molecular weight excluding hydrogens is 404 g/mol. The summed E-state index contributed by atoms with van der Waals surface area (Å²) in [6, 6.07) is 4.17. The van der Waals surface area contributed by atoms with Gasteiger partial charge in [-0.1, -0.05) is 29.3 Å². The highest BCUT2D eigenvalue weighted by atomic mass is 79.9. The lowest BCUT2D eigenvalue weighted by molar-refractivity contribution is 0.180. The van der Waals surface area contributed by atoms with E-state index in [1.165, 1.54) is 0 Å². The van der Waals surface area contributed by atoms with E-state index in [2.05, 4.69) is 39.7 Å². The molecule has 2 aromatic rings. The van der Waals surface area contributed by atoms with Crippen LogP contribution < -0.4 is 5.56 Å². The lowest BCUT2D eigenvalue weighted by atomic mass is 10.1. The summed E-state index contributed by atoms with van der Waals surface area (Å²) in [6.45, 7) is 11.2. The molecule has 1 aliphatic rings. The van der Waals surface area contributed by atoms with E-state index in [1.54, 1.807) is 0 Å². The molecule has 1 fully saturated rings. The van der Waals surface area contributed by atoms with Crippen molar-refractivity contribution >= 4 is 26.8 Å². The molecule has 27 heavy (non-hydrogen) atoms. The van der Waals surface area contributed by atoms with Gasteiger partial charge in [-0.2, -0.15) is 0 Å². The molecule has 5 nitrogen and oxygen atoms in total. The summed E-state index contributed by atoms with van der Waals surface area (Å²) in [5.41, 5.74) is 1.87. The summed E-state index contributed by atoms with van der Waals surface area (Å²) in [5.74, 6) is 0.933.